The van der Waals surface area contributed by atoms with Gasteiger partial charge in [-0.1, -0.05) is 0 Å². The molecule has 1 aromatic rings. The Labute approximate surface area is 112 Å². The molecule has 19 heavy (non-hydrogen) atoms. The largest absolute Gasteiger partial charge is 0.381 e. The van der Waals surface area contributed by atoms with E-state index in [1.54, 1.807) is 7.11 Å². The predicted octanol–water partition coefficient (Wildman–Crippen LogP) is 0.753. The molecule has 7 heteroatoms. The molecule has 2 heterocycles. The molecule has 1 aliphatic rings. The van der Waals surface area contributed by atoms with Crippen LogP contribution in [0.2, 0.25) is 0 Å². The minimum absolute atomic E-state index is 0.0200. The van der Waals surface area contributed by atoms with Crippen molar-refractivity contribution in [2.75, 3.05) is 20.2 Å². The summed E-state index contributed by atoms with van der Waals surface area (Å²) < 4.78 is 31.5. The maximum atomic E-state index is 12.5. The summed E-state index contributed by atoms with van der Waals surface area (Å²) in [6.07, 6.45) is 2.85. The van der Waals surface area contributed by atoms with Crippen LogP contribution in [0.5, 0.6) is 0 Å². The molecule has 0 atom stereocenters. The second-order valence-electron chi connectivity index (χ2n) is 4.30. The fraction of sp³-hybridized carbons (Fsp3) is 0.500. The molecule has 0 bridgehead atoms. The number of ether oxygens (including phenoxy) is 1. The second-order valence-corrected chi connectivity index (χ2v) is 6.21. The summed E-state index contributed by atoms with van der Waals surface area (Å²) in [5, 5.41) is 8.94. The lowest BCUT2D eigenvalue weighted by Gasteiger charge is -2.30. The van der Waals surface area contributed by atoms with Crippen LogP contribution in [-0.4, -0.2) is 44.0 Å². The average molecular weight is 281 g/mol. The number of piperidine rings is 1. The third kappa shape index (κ3) is 2.76. The van der Waals surface area contributed by atoms with E-state index in [4.69, 9.17) is 10.00 Å². The first-order valence-corrected chi connectivity index (χ1v) is 7.41. The minimum Gasteiger partial charge on any atom is -0.381 e. The van der Waals surface area contributed by atoms with Crippen LogP contribution in [-0.2, 0) is 14.8 Å². The summed E-state index contributed by atoms with van der Waals surface area (Å²) in [5.41, 5.74) is -0.0589. The first-order valence-electron chi connectivity index (χ1n) is 5.97. The zero-order valence-electron chi connectivity index (χ0n) is 10.6. The first-order chi connectivity index (χ1) is 9.09. The van der Waals surface area contributed by atoms with E-state index in [1.807, 2.05) is 6.07 Å². The third-order valence-corrected chi connectivity index (χ3v) is 5.16. The highest BCUT2D eigenvalue weighted by Crippen LogP contribution is 2.23. The van der Waals surface area contributed by atoms with Gasteiger partial charge in [0.05, 0.1) is 6.10 Å². The van der Waals surface area contributed by atoms with Crippen LogP contribution in [0.25, 0.3) is 0 Å². The van der Waals surface area contributed by atoms with E-state index in [9.17, 15) is 8.42 Å². The SMILES string of the molecule is COC1CCN(S(=O)(=O)c2cccnc2C#N)CC1. The normalized spacial score (nSPS) is 18.1. The Morgan fingerprint density at radius 3 is 2.74 bits per heavy atom. The summed E-state index contributed by atoms with van der Waals surface area (Å²) in [6, 6.07) is 4.76. The van der Waals surface area contributed by atoms with Gasteiger partial charge in [-0.25, -0.2) is 13.4 Å². The molecule has 6 nitrogen and oxygen atoms in total. The summed E-state index contributed by atoms with van der Waals surface area (Å²) in [7, 11) is -2.01. The Morgan fingerprint density at radius 2 is 2.16 bits per heavy atom. The fourth-order valence-electron chi connectivity index (χ4n) is 2.13. The van der Waals surface area contributed by atoms with Gasteiger partial charge in [0.25, 0.3) is 0 Å². The van der Waals surface area contributed by atoms with Crippen LogP contribution in [0.3, 0.4) is 0 Å². The highest BCUT2D eigenvalue weighted by atomic mass is 32.2. The van der Waals surface area contributed by atoms with Crippen LogP contribution in [0.1, 0.15) is 18.5 Å². The molecule has 0 radical (unpaired) electrons. The van der Waals surface area contributed by atoms with Gasteiger partial charge in [-0.05, 0) is 25.0 Å². The van der Waals surface area contributed by atoms with Gasteiger partial charge in [0.1, 0.15) is 11.0 Å². The summed E-state index contributed by atoms with van der Waals surface area (Å²) in [6.45, 7) is 0.807. The highest BCUT2D eigenvalue weighted by molar-refractivity contribution is 7.89. The standard InChI is InChI=1S/C12H15N3O3S/c1-18-10-4-7-15(8-5-10)19(16,17)12-3-2-6-14-11(12)9-13/h2-3,6,10H,4-5,7-8H2,1H3. The van der Waals surface area contributed by atoms with Crippen molar-refractivity contribution in [2.45, 2.75) is 23.8 Å². The number of aromatic nitrogens is 1. The van der Waals surface area contributed by atoms with Crippen LogP contribution >= 0.6 is 0 Å². The molecule has 1 aromatic heterocycles. The number of methoxy groups -OCH3 is 1. The predicted molar refractivity (Wildman–Crippen MR) is 67.7 cm³/mol. The van der Waals surface area contributed by atoms with Gasteiger partial charge >= 0.3 is 0 Å². The van der Waals surface area contributed by atoms with Crippen molar-refractivity contribution in [2.24, 2.45) is 0 Å². The highest BCUT2D eigenvalue weighted by Gasteiger charge is 2.31. The van der Waals surface area contributed by atoms with E-state index in [1.165, 1.54) is 22.6 Å². The van der Waals surface area contributed by atoms with Crippen LogP contribution in [0.15, 0.2) is 23.2 Å². The monoisotopic (exact) mass is 281 g/mol. The number of hydrogen-bond acceptors (Lipinski definition) is 5. The molecule has 1 saturated heterocycles. The zero-order chi connectivity index (χ0) is 13.9. The lowest BCUT2D eigenvalue weighted by Crippen LogP contribution is -2.40. The Hall–Kier alpha value is -1.49. The number of nitrogens with zero attached hydrogens (tertiary/aromatic N) is 3. The molecule has 0 unspecified atom stereocenters. The lowest BCUT2D eigenvalue weighted by atomic mass is 10.1. The molecule has 1 aliphatic heterocycles. The first kappa shape index (κ1) is 13.9. The van der Waals surface area contributed by atoms with Crippen LogP contribution in [0.4, 0.5) is 0 Å². The van der Waals surface area contributed by atoms with Gasteiger partial charge in [-0.2, -0.15) is 9.57 Å². The molecule has 0 aromatic carbocycles. The molecule has 0 amide bonds. The van der Waals surface area contributed by atoms with Crippen molar-refractivity contribution in [3.8, 4) is 6.07 Å². The maximum Gasteiger partial charge on any atom is 0.245 e. The number of pyridine rings is 1. The van der Waals surface area contributed by atoms with Gasteiger partial charge in [0.2, 0.25) is 10.0 Å². The Kier molecular flexibility index (Phi) is 4.14. The van der Waals surface area contributed by atoms with Crippen molar-refractivity contribution in [1.29, 1.82) is 5.26 Å². The Bertz CT molecular complexity index is 586. The second kappa shape index (κ2) is 5.65. The molecular formula is C12H15N3O3S. The van der Waals surface area contributed by atoms with E-state index in [0.29, 0.717) is 25.9 Å². The number of rotatable bonds is 3. The minimum atomic E-state index is -3.64. The Balaban J connectivity index is 2.27. The van der Waals surface area contributed by atoms with Crippen LogP contribution < -0.4 is 0 Å². The lowest BCUT2D eigenvalue weighted by molar-refractivity contribution is 0.0604. The van der Waals surface area contributed by atoms with Crippen LogP contribution in [0, 0.1) is 11.3 Å². The molecule has 0 spiro atoms. The Morgan fingerprint density at radius 1 is 1.47 bits per heavy atom. The average Bonchev–Trinajstić information content (AvgIpc) is 2.47. The third-order valence-electron chi connectivity index (χ3n) is 3.23. The zero-order valence-corrected chi connectivity index (χ0v) is 11.4. The van der Waals surface area contributed by atoms with E-state index in [0.717, 1.165) is 0 Å². The smallest absolute Gasteiger partial charge is 0.245 e. The van der Waals surface area contributed by atoms with Crippen molar-refractivity contribution < 1.29 is 13.2 Å². The maximum absolute atomic E-state index is 12.5. The fourth-order valence-corrected chi connectivity index (χ4v) is 3.69. The van der Waals surface area contributed by atoms with Gasteiger partial charge < -0.3 is 4.74 Å². The number of nitriles is 1. The number of sulfonamides is 1. The van der Waals surface area contributed by atoms with Crippen molar-refractivity contribution in [3.63, 3.8) is 0 Å². The van der Waals surface area contributed by atoms with Crippen molar-refractivity contribution in [1.82, 2.24) is 9.29 Å². The van der Waals surface area contributed by atoms with Gasteiger partial charge in [-0.3, -0.25) is 0 Å². The molecule has 102 valence electrons. The molecule has 0 N–H and O–H groups in total. The number of hydrogen-bond donors (Lipinski definition) is 0. The summed E-state index contributed by atoms with van der Waals surface area (Å²) in [4.78, 5) is 3.78. The summed E-state index contributed by atoms with van der Waals surface area (Å²) in [5.74, 6) is 0. The molecule has 2 rings (SSSR count). The topological polar surface area (TPSA) is 83.3 Å². The molecule has 1 fully saturated rings. The van der Waals surface area contributed by atoms with E-state index in [-0.39, 0.29) is 16.7 Å². The van der Waals surface area contributed by atoms with Crippen molar-refractivity contribution >= 4 is 10.0 Å². The van der Waals surface area contributed by atoms with E-state index >= 15 is 0 Å². The van der Waals surface area contributed by atoms with Crippen molar-refractivity contribution in [3.05, 3.63) is 24.0 Å². The van der Waals surface area contributed by atoms with E-state index in [2.05, 4.69) is 4.98 Å². The summed E-state index contributed by atoms with van der Waals surface area (Å²) >= 11 is 0. The quantitative estimate of drug-likeness (QED) is 0.816. The molecular weight excluding hydrogens is 266 g/mol. The molecule has 0 saturated carbocycles. The van der Waals surface area contributed by atoms with E-state index < -0.39 is 10.0 Å². The van der Waals surface area contributed by atoms with Gasteiger partial charge in [-0.15, -0.1) is 0 Å². The molecule has 0 aliphatic carbocycles. The van der Waals surface area contributed by atoms with Gasteiger partial charge in [0.15, 0.2) is 5.69 Å². The van der Waals surface area contributed by atoms with Gasteiger partial charge in [0, 0.05) is 26.4 Å².